The average molecular weight is 478 g/mol. The molecule has 0 spiro atoms. The van der Waals surface area contributed by atoms with Crippen molar-refractivity contribution >= 4 is 23.0 Å². The maximum absolute atomic E-state index is 15.2. The first-order chi connectivity index (χ1) is 16.8. The van der Waals surface area contributed by atoms with Crippen molar-refractivity contribution in [3.63, 3.8) is 0 Å². The van der Waals surface area contributed by atoms with E-state index in [4.69, 9.17) is 9.72 Å². The molecule has 2 aromatic heterocycles. The van der Waals surface area contributed by atoms with Gasteiger partial charge in [0.1, 0.15) is 11.7 Å². The zero-order chi connectivity index (χ0) is 24.7. The molecule has 1 N–H and O–H groups in total. The summed E-state index contributed by atoms with van der Waals surface area (Å²) in [5.74, 6) is 1.04. The van der Waals surface area contributed by atoms with Crippen molar-refractivity contribution < 1.29 is 13.9 Å². The number of hydrogen-bond donors (Lipinski definition) is 1. The number of carbonyl (C=O) groups excluding carboxylic acids is 1. The second kappa shape index (κ2) is 9.49. The van der Waals surface area contributed by atoms with Gasteiger partial charge in [0.15, 0.2) is 5.82 Å². The Labute approximate surface area is 205 Å². The summed E-state index contributed by atoms with van der Waals surface area (Å²) in [6, 6.07) is 2.22. The molecule has 2 fully saturated rings. The fraction of sp³-hybridized carbons (Fsp3) is 0.481. The number of anilines is 2. The number of pyridine rings is 1. The molecule has 184 valence electrons. The number of amides is 1. The lowest BCUT2D eigenvalue weighted by Gasteiger charge is -2.37. The van der Waals surface area contributed by atoms with Crippen LogP contribution in [0.15, 0.2) is 36.4 Å². The Kier molecular flexibility index (Phi) is 6.40. The molecule has 35 heavy (non-hydrogen) atoms. The number of carbonyl (C=O) groups is 1. The van der Waals surface area contributed by atoms with Crippen molar-refractivity contribution in [3.8, 4) is 0 Å². The fourth-order valence-corrected chi connectivity index (χ4v) is 5.14. The number of rotatable bonds is 5. The molecule has 0 aromatic carbocycles. The van der Waals surface area contributed by atoms with E-state index in [1.54, 1.807) is 18.5 Å². The topological polar surface area (TPSA) is 80.2 Å². The van der Waals surface area contributed by atoms with Gasteiger partial charge in [0, 0.05) is 35.1 Å². The van der Waals surface area contributed by atoms with Gasteiger partial charge in [0.05, 0.1) is 36.5 Å². The van der Waals surface area contributed by atoms with Crippen molar-refractivity contribution in [1.82, 2.24) is 15.0 Å². The number of aromatic nitrogens is 3. The molecular formula is C27H32FN5O2. The Morgan fingerprint density at radius 3 is 2.51 bits per heavy atom. The summed E-state index contributed by atoms with van der Waals surface area (Å²) in [5.41, 5.74) is 2.79. The van der Waals surface area contributed by atoms with Crippen molar-refractivity contribution in [1.29, 1.82) is 0 Å². The van der Waals surface area contributed by atoms with Gasteiger partial charge < -0.3 is 15.0 Å². The van der Waals surface area contributed by atoms with Crippen molar-refractivity contribution in [2.45, 2.75) is 65.0 Å². The van der Waals surface area contributed by atoms with E-state index in [-0.39, 0.29) is 35.7 Å². The van der Waals surface area contributed by atoms with Gasteiger partial charge in [0.2, 0.25) is 0 Å². The van der Waals surface area contributed by atoms with Gasteiger partial charge in [-0.2, -0.15) is 0 Å². The third-order valence-corrected chi connectivity index (χ3v) is 6.97. The molecule has 1 amide bonds. The number of allylic oxidation sites excluding steroid dienone is 4. The predicted octanol–water partition coefficient (Wildman–Crippen LogP) is 5.20. The van der Waals surface area contributed by atoms with Crippen LogP contribution in [0.2, 0.25) is 0 Å². The number of ether oxygens (including phenoxy) is 1. The van der Waals surface area contributed by atoms with Crippen LogP contribution >= 0.6 is 0 Å². The lowest BCUT2D eigenvalue weighted by atomic mass is 9.92. The molecule has 3 atom stereocenters. The molecule has 1 aliphatic carbocycles. The number of nitrogens with zero attached hydrogens (tertiary/aromatic N) is 4. The molecule has 8 heteroatoms. The highest BCUT2D eigenvalue weighted by Crippen LogP contribution is 2.43. The molecule has 0 radical (unpaired) electrons. The molecule has 5 rings (SSSR count). The van der Waals surface area contributed by atoms with Crippen molar-refractivity contribution in [2.75, 3.05) is 23.4 Å². The molecule has 3 aliphatic rings. The van der Waals surface area contributed by atoms with E-state index >= 15 is 4.39 Å². The molecule has 7 nitrogen and oxygen atoms in total. The van der Waals surface area contributed by atoms with Gasteiger partial charge in [-0.05, 0) is 44.2 Å². The number of morpholine rings is 1. The Bertz CT molecular complexity index is 1170. The van der Waals surface area contributed by atoms with Crippen LogP contribution in [0.4, 0.5) is 15.9 Å². The summed E-state index contributed by atoms with van der Waals surface area (Å²) in [6.07, 6.45) is 9.39. The monoisotopic (exact) mass is 477 g/mol. The smallest absolute Gasteiger partial charge is 0.258 e. The number of fused-ring (bicyclic) bond motifs is 2. The highest BCUT2D eigenvalue weighted by atomic mass is 19.1. The first-order valence-corrected chi connectivity index (χ1v) is 12.4. The van der Waals surface area contributed by atoms with Crippen molar-refractivity contribution in [3.05, 3.63) is 59.1 Å². The lowest BCUT2D eigenvalue weighted by Crippen LogP contribution is -2.46. The highest BCUT2D eigenvalue weighted by molar-refractivity contribution is 6.08. The van der Waals surface area contributed by atoms with E-state index in [9.17, 15) is 4.79 Å². The summed E-state index contributed by atoms with van der Waals surface area (Å²) in [6.45, 7) is 9.14. The van der Waals surface area contributed by atoms with Gasteiger partial charge in [-0.1, -0.05) is 26.8 Å². The fourth-order valence-electron chi connectivity index (χ4n) is 5.14. The third kappa shape index (κ3) is 4.59. The van der Waals surface area contributed by atoms with Crippen LogP contribution in [-0.2, 0) is 4.74 Å². The maximum Gasteiger partial charge on any atom is 0.258 e. The van der Waals surface area contributed by atoms with Crippen LogP contribution in [0.3, 0.4) is 0 Å². The third-order valence-electron chi connectivity index (χ3n) is 6.97. The van der Waals surface area contributed by atoms with E-state index in [1.165, 1.54) is 0 Å². The number of aryl methyl sites for hydroxylation is 1. The van der Waals surface area contributed by atoms with E-state index in [2.05, 4.69) is 20.2 Å². The van der Waals surface area contributed by atoms with E-state index < -0.39 is 0 Å². The van der Waals surface area contributed by atoms with Gasteiger partial charge in [-0.25, -0.2) is 19.3 Å². The zero-order valence-electron chi connectivity index (χ0n) is 20.7. The normalized spacial score (nSPS) is 23.8. The van der Waals surface area contributed by atoms with E-state index in [0.29, 0.717) is 47.2 Å². The van der Waals surface area contributed by atoms with E-state index in [1.807, 2.05) is 39.8 Å². The molecule has 2 saturated heterocycles. The second-order valence-corrected chi connectivity index (χ2v) is 10.1. The zero-order valence-corrected chi connectivity index (χ0v) is 20.7. The van der Waals surface area contributed by atoms with Crippen LogP contribution < -0.4 is 10.2 Å². The van der Waals surface area contributed by atoms with Gasteiger partial charge >= 0.3 is 0 Å². The second-order valence-electron chi connectivity index (χ2n) is 10.1. The van der Waals surface area contributed by atoms with Crippen LogP contribution in [-0.4, -0.2) is 46.2 Å². The van der Waals surface area contributed by atoms with Crippen LogP contribution in [0.5, 0.6) is 0 Å². The molecule has 2 aliphatic heterocycles. The Balaban J connectivity index is 1.59. The lowest BCUT2D eigenvalue weighted by molar-refractivity contribution is 0.0902. The number of nitrogens with one attached hydrogen (secondary N) is 1. The number of halogens is 1. The summed E-state index contributed by atoms with van der Waals surface area (Å²) in [5, 5.41) is 3.07. The minimum atomic E-state index is -0.344. The molecule has 4 heterocycles. The molecule has 0 saturated carbocycles. The SMILES string of the molecule is Cc1cc(C2=CCC(C)C=C2F)c(NC(=O)c2cnc(C(C)C)nc2)c(N2C3CCC2COC3)n1. The minimum Gasteiger partial charge on any atom is -0.377 e. The summed E-state index contributed by atoms with van der Waals surface area (Å²) >= 11 is 0. The average Bonchev–Trinajstić information content (AvgIpc) is 3.07. The summed E-state index contributed by atoms with van der Waals surface area (Å²) in [7, 11) is 0. The standard InChI is InChI=1S/C27H32FN5O2/c1-15(2)25-29-11-18(12-30-25)27(34)32-24-22(21-8-5-16(3)9-23(21)28)10-17(4)31-26(24)33-19-6-7-20(33)14-35-13-19/h8-12,15-16,19-20H,5-7,13-14H2,1-4H3,(H,32,34). The molecule has 2 bridgehead atoms. The van der Waals surface area contributed by atoms with Gasteiger partial charge in [-0.15, -0.1) is 0 Å². The minimum absolute atomic E-state index is 0.130. The van der Waals surface area contributed by atoms with Crippen LogP contribution in [0.25, 0.3) is 5.57 Å². The van der Waals surface area contributed by atoms with Crippen LogP contribution in [0, 0.1) is 12.8 Å². The number of hydrogen-bond acceptors (Lipinski definition) is 6. The Morgan fingerprint density at radius 2 is 1.89 bits per heavy atom. The molecule has 2 aromatic rings. The summed E-state index contributed by atoms with van der Waals surface area (Å²) in [4.78, 5) is 29.2. The summed E-state index contributed by atoms with van der Waals surface area (Å²) < 4.78 is 21.0. The Morgan fingerprint density at radius 1 is 1.20 bits per heavy atom. The highest BCUT2D eigenvalue weighted by Gasteiger charge is 2.40. The van der Waals surface area contributed by atoms with Crippen LogP contribution in [0.1, 0.15) is 73.4 Å². The largest absolute Gasteiger partial charge is 0.377 e. The first kappa shape index (κ1) is 23.6. The quantitative estimate of drug-likeness (QED) is 0.638. The maximum atomic E-state index is 15.2. The van der Waals surface area contributed by atoms with Gasteiger partial charge in [-0.3, -0.25) is 4.79 Å². The Hall–Kier alpha value is -3.13. The molecule has 3 unspecified atom stereocenters. The van der Waals surface area contributed by atoms with Gasteiger partial charge in [0.25, 0.3) is 5.91 Å². The van der Waals surface area contributed by atoms with E-state index in [0.717, 1.165) is 25.0 Å². The van der Waals surface area contributed by atoms with Crippen molar-refractivity contribution in [2.24, 2.45) is 5.92 Å². The molecular weight excluding hydrogens is 445 g/mol. The predicted molar refractivity (Wildman–Crippen MR) is 134 cm³/mol. The first-order valence-electron chi connectivity index (χ1n) is 12.4.